The van der Waals surface area contributed by atoms with Crippen LogP contribution in [-0.4, -0.2) is 23.5 Å². The van der Waals surface area contributed by atoms with Crippen LogP contribution in [0.1, 0.15) is 31.9 Å². The molecule has 0 saturated carbocycles. The molecule has 0 fully saturated rings. The van der Waals surface area contributed by atoms with Crippen LogP contribution in [0.3, 0.4) is 0 Å². The van der Waals surface area contributed by atoms with E-state index < -0.39 is 17.2 Å². The zero-order valence-corrected chi connectivity index (χ0v) is 15.0. The van der Waals surface area contributed by atoms with Crippen LogP contribution >= 0.6 is 0 Å². The lowest BCUT2D eigenvalue weighted by molar-refractivity contribution is -0.113. The highest BCUT2D eigenvalue weighted by Crippen LogP contribution is 2.19. The lowest BCUT2D eigenvalue weighted by atomic mass is 9.86. The van der Waals surface area contributed by atoms with Crippen molar-refractivity contribution in [2.24, 2.45) is 0 Å². The molecule has 4 heteroatoms. The van der Waals surface area contributed by atoms with Crippen molar-refractivity contribution >= 4 is 12.4 Å². The van der Waals surface area contributed by atoms with Crippen molar-refractivity contribution in [3.05, 3.63) is 71.8 Å². The van der Waals surface area contributed by atoms with E-state index in [2.05, 4.69) is 5.32 Å². The van der Waals surface area contributed by atoms with Gasteiger partial charge in [0.25, 0.3) is 0 Å². The highest BCUT2D eigenvalue weighted by atomic mass is 16.6. The lowest BCUT2D eigenvalue weighted by Crippen LogP contribution is -2.54. The topological polar surface area (TPSA) is 55.4 Å². The molecule has 0 radical (unpaired) electrons. The van der Waals surface area contributed by atoms with Gasteiger partial charge in [-0.2, -0.15) is 0 Å². The van der Waals surface area contributed by atoms with Gasteiger partial charge in [-0.05, 0) is 31.9 Å². The van der Waals surface area contributed by atoms with Gasteiger partial charge >= 0.3 is 6.09 Å². The summed E-state index contributed by atoms with van der Waals surface area (Å²) in [5.74, 6) is 0. The van der Waals surface area contributed by atoms with Crippen LogP contribution in [0.2, 0.25) is 0 Å². The second kappa shape index (κ2) is 7.97. The Labute approximate surface area is 149 Å². The monoisotopic (exact) mass is 339 g/mol. The second-order valence-electron chi connectivity index (χ2n) is 7.23. The Kier molecular flexibility index (Phi) is 5.97. The van der Waals surface area contributed by atoms with E-state index in [1.165, 1.54) is 0 Å². The van der Waals surface area contributed by atoms with Crippen molar-refractivity contribution in [2.75, 3.05) is 0 Å². The summed E-state index contributed by atoms with van der Waals surface area (Å²) in [5.41, 5.74) is 0.256. The number of carbonyl (C=O) groups excluding carboxylic acids is 2. The minimum absolute atomic E-state index is 0.394. The standard InChI is InChI=1S/C21H25NO3/c1-20(2,3)25-19(24)22-21(16-23,14-17-10-6-4-7-11-17)15-18-12-8-5-9-13-18/h4-13,16H,14-15H2,1-3H3,(H,22,24). The van der Waals surface area contributed by atoms with E-state index >= 15 is 0 Å². The first-order valence-electron chi connectivity index (χ1n) is 8.37. The average Bonchev–Trinajstić information content (AvgIpc) is 2.54. The number of amides is 1. The Hall–Kier alpha value is -2.62. The van der Waals surface area contributed by atoms with E-state index in [1.807, 2.05) is 60.7 Å². The number of benzene rings is 2. The minimum Gasteiger partial charge on any atom is -0.444 e. The molecule has 0 aromatic heterocycles. The van der Waals surface area contributed by atoms with Crippen LogP contribution in [-0.2, 0) is 22.4 Å². The molecule has 0 heterocycles. The highest BCUT2D eigenvalue weighted by Gasteiger charge is 2.34. The smallest absolute Gasteiger partial charge is 0.408 e. The zero-order valence-electron chi connectivity index (χ0n) is 15.0. The molecule has 0 unspecified atom stereocenters. The number of ether oxygens (including phenoxy) is 1. The van der Waals surface area contributed by atoms with Crippen LogP contribution in [0, 0.1) is 0 Å². The van der Waals surface area contributed by atoms with Crippen LogP contribution in [0.4, 0.5) is 4.79 Å². The Balaban J connectivity index is 2.27. The fraction of sp³-hybridized carbons (Fsp3) is 0.333. The number of aldehydes is 1. The minimum atomic E-state index is -1.06. The maximum absolute atomic E-state index is 12.3. The van der Waals surface area contributed by atoms with Crippen LogP contribution in [0.5, 0.6) is 0 Å². The molecule has 132 valence electrons. The summed E-state index contributed by atoms with van der Waals surface area (Å²) in [6.45, 7) is 5.39. The molecular weight excluding hydrogens is 314 g/mol. The van der Waals surface area contributed by atoms with Crippen molar-refractivity contribution < 1.29 is 14.3 Å². The molecule has 25 heavy (non-hydrogen) atoms. The second-order valence-corrected chi connectivity index (χ2v) is 7.23. The predicted octanol–water partition coefficient (Wildman–Crippen LogP) is 3.93. The summed E-state index contributed by atoms with van der Waals surface area (Å²) in [6.07, 6.45) is 1.01. The third-order valence-electron chi connectivity index (χ3n) is 3.70. The number of hydrogen-bond donors (Lipinski definition) is 1. The Morgan fingerprint density at radius 1 is 0.920 bits per heavy atom. The molecule has 1 amide bonds. The molecule has 0 aliphatic carbocycles. The maximum atomic E-state index is 12.3. The summed E-state index contributed by atoms with van der Waals surface area (Å²) < 4.78 is 5.36. The molecule has 0 atom stereocenters. The fourth-order valence-corrected chi connectivity index (χ4v) is 2.69. The van der Waals surface area contributed by atoms with Gasteiger partial charge in [0.1, 0.15) is 17.4 Å². The molecule has 2 aromatic rings. The molecule has 0 bridgehead atoms. The average molecular weight is 339 g/mol. The summed E-state index contributed by atoms with van der Waals surface area (Å²) in [5, 5.41) is 2.80. The molecule has 0 spiro atoms. The first-order chi connectivity index (χ1) is 11.8. The third kappa shape index (κ3) is 6.07. The zero-order chi connectivity index (χ0) is 18.3. The van der Waals surface area contributed by atoms with Gasteiger partial charge in [-0.15, -0.1) is 0 Å². The molecule has 1 N–H and O–H groups in total. The van der Waals surface area contributed by atoms with Gasteiger partial charge in [0.05, 0.1) is 0 Å². The number of alkyl carbamates (subject to hydrolysis) is 1. The van der Waals surface area contributed by atoms with Crippen molar-refractivity contribution in [3.63, 3.8) is 0 Å². The Bertz CT molecular complexity index is 649. The van der Waals surface area contributed by atoms with E-state index in [-0.39, 0.29) is 0 Å². The largest absolute Gasteiger partial charge is 0.444 e. The molecule has 2 rings (SSSR count). The highest BCUT2D eigenvalue weighted by molar-refractivity contribution is 5.77. The van der Waals surface area contributed by atoms with Gasteiger partial charge in [-0.25, -0.2) is 4.79 Å². The van der Waals surface area contributed by atoms with E-state index in [4.69, 9.17) is 4.74 Å². The van der Waals surface area contributed by atoms with Gasteiger partial charge in [0, 0.05) is 12.8 Å². The van der Waals surface area contributed by atoms with Crippen molar-refractivity contribution in [3.8, 4) is 0 Å². The molecule has 0 saturated heterocycles. The van der Waals surface area contributed by atoms with Gasteiger partial charge in [-0.1, -0.05) is 60.7 Å². The molecular formula is C21H25NO3. The van der Waals surface area contributed by atoms with Crippen LogP contribution < -0.4 is 5.32 Å². The number of hydrogen-bond acceptors (Lipinski definition) is 3. The molecule has 2 aromatic carbocycles. The van der Waals surface area contributed by atoms with Gasteiger partial charge in [-0.3, -0.25) is 0 Å². The van der Waals surface area contributed by atoms with Crippen molar-refractivity contribution in [2.45, 2.75) is 44.8 Å². The molecule has 4 nitrogen and oxygen atoms in total. The van der Waals surface area contributed by atoms with E-state index in [0.29, 0.717) is 12.8 Å². The SMILES string of the molecule is CC(C)(C)OC(=O)NC(C=O)(Cc1ccccc1)Cc1ccccc1. The van der Waals surface area contributed by atoms with Crippen LogP contribution in [0.25, 0.3) is 0 Å². The van der Waals surface area contributed by atoms with Gasteiger partial charge in [0.2, 0.25) is 0 Å². The van der Waals surface area contributed by atoms with Crippen molar-refractivity contribution in [1.29, 1.82) is 0 Å². The lowest BCUT2D eigenvalue weighted by Gasteiger charge is -2.31. The first-order valence-corrected chi connectivity index (χ1v) is 8.37. The normalized spacial score (nSPS) is 11.6. The predicted molar refractivity (Wildman–Crippen MR) is 98.5 cm³/mol. The first kappa shape index (κ1) is 18.7. The van der Waals surface area contributed by atoms with E-state index in [9.17, 15) is 9.59 Å². The molecule has 0 aliphatic heterocycles. The third-order valence-corrected chi connectivity index (χ3v) is 3.70. The summed E-state index contributed by atoms with van der Waals surface area (Å²) in [7, 11) is 0. The Morgan fingerprint density at radius 3 is 1.72 bits per heavy atom. The van der Waals surface area contributed by atoms with Gasteiger partial charge in [0.15, 0.2) is 0 Å². The maximum Gasteiger partial charge on any atom is 0.408 e. The molecule has 0 aliphatic rings. The number of carbonyl (C=O) groups is 2. The summed E-state index contributed by atoms with van der Waals surface area (Å²) >= 11 is 0. The van der Waals surface area contributed by atoms with Gasteiger partial charge < -0.3 is 14.8 Å². The number of rotatable bonds is 6. The number of nitrogens with one attached hydrogen (secondary N) is 1. The Morgan fingerprint density at radius 2 is 1.36 bits per heavy atom. The summed E-state index contributed by atoms with van der Waals surface area (Å²) in [6, 6.07) is 19.3. The van der Waals surface area contributed by atoms with Crippen LogP contribution in [0.15, 0.2) is 60.7 Å². The van der Waals surface area contributed by atoms with Crippen molar-refractivity contribution in [1.82, 2.24) is 5.32 Å². The fourth-order valence-electron chi connectivity index (χ4n) is 2.69. The van der Waals surface area contributed by atoms with E-state index in [0.717, 1.165) is 17.4 Å². The summed E-state index contributed by atoms with van der Waals surface area (Å²) in [4.78, 5) is 24.4. The quantitative estimate of drug-likeness (QED) is 0.811. The van der Waals surface area contributed by atoms with E-state index in [1.54, 1.807) is 20.8 Å².